The molecule has 1 aromatic heterocycles. The molecule has 0 aliphatic rings. The number of nitrogen functional groups attached to an aromatic ring is 1. The Hall–Kier alpha value is -2.46. The van der Waals surface area contributed by atoms with Crippen molar-refractivity contribution in [3.05, 3.63) is 65.9 Å². The van der Waals surface area contributed by atoms with Gasteiger partial charge in [0.05, 0.1) is 12.5 Å². The van der Waals surface area contributed by atoms with Crippen LogP contribution in [0.1, 0.15) is 37.6 Å². The molecule has 0 fully saturated rings. The van der Waals surface area contributed by atoms with Gasteiger partial charge in [-0.25, -0.2) is 0 Å². The van der Waals surface area contributed by atoms with Crippen molar-refractivity contribution in [1.82, 2.24) is 4.90 Å². The molecule has 0 aliphatic carbocycles. The van der Waals surface area contributed by atoms with Gasteiger partial charge in [-0.15, -0.1) is 12.4 Å². The summed E-state index contributed by atoms with van der Waals surface area (Å²) in [7, 11) is 0. The Balaban J connectivity index is 0.00000243. The normalized spacial score (nSPS) is 11.8. The van der Waals surface area contributed by atoms with Gasteiger partial charge in [0.25, 0.3) is 0 Å². The molecule has 1 amide bonds. The zero-order valence-corrected chi connectivity index (χ0v) is 16.0. The summed E-state index contributed by atoms with van der Waals surface area (Å²) in [6, 6.07) is 17.3. The van der Waals surface area contributed by atoms with Crippen LogP contribution in [-0.2, 0) is 11.2 Å². The van der Waals surface area contributed by atoms with Crippen LogP contribution in [0.15, 0.2) is 59.0 Å². The molecule has 0 saturated heterocycles. The summed E-state index contributed by atoms with van der Waals surface area (Å²) in [4.78, 5) is 14.8. The highest BCUT2D eigenvalue weighted by atomic mass is 35.5. The van der Waals surface area contributed by atoms with Gasteiger partial charge >= 0.3 is 0 Å². The van der Waals surface area contributed by atoms with E-state index < -0.39 is 0 Å². The minimum Gasteiger partial charge on any atom is -0.459 e. The van der Waals surface area contributed by atoms with Crippen molar-refractivity contribution in [2.24, 2.45) is 0 Å². The molecule has 3 rings (SSSR count). The molecule has 3 aromatic rings. The van der Waals surface area contributed by atoms with E-state index in [1.54, 1.807) is 0 Å². The molecule has 0 aliphatic heterocycles. The summed E-state index contributed by atoms with van der Waals surface area (Å²) < 4.78 is 5.96. The van der Waals surface area contributed by atoms with Gasteiger partial charge in [0, 0.05) is 17.6 Å². The van der Waals surface area contributed by atoms with Crippen LogP contribution in [0.5, 0.6) is 0 Å². The average molecular weight is 373 g/mol. The maximum atomic E-state index is 12.9. The number of furan rings is 1. The van der Waals surface area contributed by atoms with Gasteiger partial charge < -0.3 is 15.1 Å². The standard InChI is InChI=1S/C21H24N2O2.ClH/c1-3-12-23(21(24)13-16-8-10-18(22)11-9-16)15(2)20-14-17-6-4-5-7-19(17)25-20;/h4-11,14-15H,3,12-13,22H2,1-2H3;1H. The molecule has 4 nitrogen and oxygen atoms in total. The lowest BCUT2D eigenvalue weighted by Crippen LogP contribution is -2.35. The fourth-order valence-corrected chi connectivity index (χ4v) is 3.05. The third kappa shape index (κ3) is 4.38. The molecule has 0 saturated carbocycles. The van der Waals surface area contributed by atoms with Gasteiger partial charge in [0.15, 0.2) is 0 Å². The molecule has 0 spiro atoms. The number of benzene rings is 2. The average Bonchev–Trinajstić information content (AvgIpc) is 3.05. The first-order valence-electron chi connectivity index (χ1n) is 8.71. The Labute approximate surface area is 160 Å². The van der Waals surface area contributed by atoms with Crippen LogP contribution in [-0.4, -0.2) is 17.4 Å². The number of hydrogen-bond acceptors (Lipinski definition) is 3. The zero-order chi connectivity index (χ0) is 17.8. The van der Waals surface area contributed by atoms with Gasteiger partial charge in [0.1, 0.15) is 11.3 Å². The highest BCUT2D eigenvalue weighted by molar-refractivity contribution is 5.85. The number of fused-ring (bicyclic) bond motifs is 1. The van der Waals surface area contributed by atoms with Gasteiger partial charge in [-0.2, -0.15) is 0 Å². The van der Waals surface area contributed by atoms with Crippen molar-refractivity contribution in [3.8, 4) is 0 Å². The maximum absolute atomic E-state index is 12.9. The second kappa shape index (κ2) is 8.77. The van der Waals surface area contributed by atoms with E-state index in [4.69, 9.17) is 10.2 Å². The number of para-hydroxylation sites is 1. The number of carbonyl (C=O) groups excluding carboxylic acids is 1. The summed E-state index contributed by atoms with van der Waals surface area (Å²) in [5.41, 5.74) is 8.25. The molecule has 0 radical (unpaired) electrons. The molecule has 0 bridgehead atoms. The Morgan fingerprint density at radius 2 is 1.85 bits per heavy atom. The van der Waals surface area contributed by atoms with Crippen LogP contribution in [0.25, 0.3) is 11.0 Å². The lowest BCUT2D eigenvalue weighted by atomic mass is 10.1. The van der Waals surface area contributed by atoms with E-state index in [-0.39, 0.29) is 24.4 Å². The lowest BCUT2D eigenvalue weighted by molar-refractivity contribution is -0.133. The third-order valence-corrected chi connectivity index (χ3v) is 4.44. The fourth-order valence-electron chi connectivity index (χ4n) is 3.05. The van der Waals surface area contributed by atoms with Crippen molar-refractivity contribution in [1.29, 1.82) is 0 Å². The van der Waals surface area contributed by atoms with Gasteiger partial charge in [0.2, 0.25) is 5.91 Å². The van der Waals surface area contributed by atoms with Crippen molar-refractivity contribution >= 4 is 35.0 Å². The molecule has 138 valence electrons. The maximum Gasteiger partial charge on any atom is 0.227 e. The van der Waals surface area contributed by atoms with Gasteiger partial charge in [-0.1, -0.05) is 37.3 Å². The monoisotopic (exact) mass is 372 g/mol. The Bertz CT molecular complexity index is 825. The van der Waals surface area contributed by atoms with E-state index >= 15 is 0 Å². The highest BCUT2D eigenvalue weighted by Gasteiger charge is 2.23. The van der Waals surface area contributed by atoms with E-state index in [1.807, 2.05) is 66.4 Å². The van der Waals surface area contributed by atoms with E-state index in [9.17, 15) is 4.79 Å². The first kappa shape index (κ1) is 19.9. The minimum atomic E-state index is -0.103. The Morgan fingerprint density at radius 3 is 2.50 bits per heavy atom. The van der Waals surface area contributed by atoms with Crippen LogP contribution >= 0.6 is 12.4 Å². The number of hydrogen-bond donors (Lipinski definition) is 1. The number of carbonyl (C=O) groups is 1. The molecule has 2 N–H and O–H groups in total. The first-order valence-corrected chi connectivity index (χ1v) is 8.71. The van der Waals surface area contributed by atoms with Crippen LogP contribution < -0.4 is 5.73 Å². The quantitative estimate of drug-likeness (QED) is 0.621. The summed E-state index contributed by atoms with van der Waals surface area (Å²) in [5.74, 6) is 0.917. The number of anilines is 1. The van der Waals surface area contributed by atoms with E-state index in [0.717, 1.165) is 28.7 Å². The number of nitrogens with two attached hydrogens (primary N) is 1. The fraction of sp³-hybridized carbons (Fsp3) is 0.286. The zero-order valence-electron chi connectivity index (χ0n) is 15.1. The third-order valence-electron chi connectivity index (χ3n) is 4.44. The first-order chi connectivity index (χ1) is 12.1. The number of halogens is 1. The van der Waals surface area contributed by atoms with Gasteiger partial charge in [-0.3, -0.25) is 4.79 Å². The molecule has 1 heterocycles. The Morgan fingerprint density at radius 1 is 1.15 bits per heavy atom. The molecule has 1 unspecified atom stereocenters. The molecule has 1 atom stereocenters. The second-order valence-electron chi connectivity index (χ2n) is 6.37. The highest BCUT2D eigenvalue weighted by Crippen LogP contribution is 2.28. The summed E-state index contributed by atoms with van der Waals surface area (Å²) >= 11 is 0. The predicted octanol–water partition coefficient (Wildman–Crippen LogP) is 4.98. The van der Waals surface area contributed by atoms with E-state index in [0.29, 0.717) is 18.7 Å². The van der Waals surface area contributed by atoms with E-state index in [2.05, 4.69) is 6.92 Å². The van der Waals surface area contributed by atoms with Crippen molar-refractivity contribution in [2.75, 3.05) is 12.3 Å². The summed E-state index contributed by atoms with van der Waals surface area (Å²) in [6.07, 6.45) is 1.27. The molecular weight excluding hydrogens is 348 g/mol. The van der Waals surface area contributed by atoms with Crippen LogP contribution in [0.2, 0.25) is 0 Å². The van der Waals surface area contributed by atoms with Crippen molar-refractivity contribution in [3.63, 3.8) is 0 Å². The minimum absolute atomic E-state index is 0. The lowest BCUT2D eigenvalue weighted by Gasteiger charge is -2.28. The largest absolute Gasteiger partial charge is 0.459 e. The number of amides is 1. The number of rotatable bonds is 6. The molecule has 26 heavy (non-hydrogen) atoms. The van der Waals surface area contributed by atoms with E-state index in [1.165, 1.54) is 0 Å². The predicted molar refractivity (Wildman–Crippen MR) is 108 cm³/mol. The summed E-state index contributed by atoms with van der Waals surface area (Å²) in [6.45, 7) is 4.80. The van der Waals surface area contributed by atoms with Crippen LogP contribution in [0.4, 0.5) is 5.69 Å². The molecule has 2 aromatic carbocycles. The molecular formula is C21H25ClN2O2. The second-order valence-corrected chi connectivity index (χ2v) is 6.37. The Kier molecular flexibility index (Phi) is 6.70. The van der Waals surface area contributed by atoms with Crippen molar-refractivity contribution < 1.29 is 9.21 Å². The van der Waals surface area contributed by atoms with Gasteiger partial charge in [-0.05, 0) is 43.2 Å². The van der Waals surface area contributed by atoms with Crippen LogP contribution in [0.3, 0.4) is 0 Å². The van der Waals surface area contributed by atoms with Crippen molar-refractivity contribution in [2.45, 2.75) is 32.7 Å². The molecule has 5 heteroatoms. The SMILES string of the molecule is CCCN(C(=O)Cc1ccc(N)cc1)C(C)c1cc2ccccc2o1.Cl. The summed E-state index contributed by atoms with van der Waals surface area (Å²) in [5, 5.41) is 1.06. The smallest absolute Gasteiger partial charge is 0.227 e. The van der Waals surface area contributed by atoms with Crippen LogP contribution in [0, 0.1) is 0 Å². The topological polar surface area (TPSA) is 59.5 Å². The number of nitrogens with zero attached hydrogens (tertiary/aromatic N) is 1.